The van der Waals surface area contributed by atoms with E-state index >= 15 is 0 Å². The summed E-state index contributed by atoms with van der Waals surface area (Å²) in [6, 6.07) is 6.75. The predicted octanol–water partition coefficient (Wildman–Crippen LogP) is 3.68. The number of benzene rings is 1. The largest absolute Gasteiger partial charge is 0.369 e. The average Bonchev–Trinajstić information content (AvgIpc) is 2.61. The second-order valence-electron chi connectivity index (χ2n) is 4.82. The zero-order valence-corrected chi connectivity index (χ0v) is 10.9. The molecule has 0 radical (unpaired) electrons. The minimum absolute atomic E-state index is 0.419. The van der Waals surface area contributed by atoms with Crippen molar-refractivity contribution in [3.05, 3.63) is 23.8 Å². The Morgan fingerprint density at radius 3 is 2.88 bits per heavy atom. The summed E-state index contributed by atoms with van der Waals surface area (Å²) in [5.41, 5.74) is 9.41. The Morgan fingerprint density at radius 2 is 2.18 bits per heavy atom. The van der Waals surface area contributed by atoms with Gasteiger partial charge in [0, 0.05) is 6.04 Å². The maximum atomic E-state index is 6.03. The van der Waals surface area contributed by atoms with Crippen LogP contribution in [0.25, 0.3) is 11.0 Å². The van der Waals surface area contributed by atoms with Crippen molar-refractivity contribution < 1.29 is 0 Å². The van der Waals surface area contributed by atoms with E-state index in [0.29, 0.717) is 12.0 Å². The molecule has 0 fully saturated rings. The van der Waals surface area contributed by atoms with Crippen molar-refractivity contribution in [2.24, 2.45) is 0 Å². The van der Waals surface area contributed by atoms with Gasteiger partial charge in [0.05, 0.1) is 11.0 Å². The molecule has 1 aromatic carbocycles. The van der Waals surface area contributed by atoms with Crippen molar-refractivity contribution in [2.75, 3.05) is 5.73 Å². The van der Waals surface area contributed by atoms with Crippen LogP contribution in [0.5, 0.6) is 0 Å². The maximum absolute atomic E-state index is 6.03. The molecule has 1 aromatic heterocycles. The second kappa shape index (κ2) is 4.78. The normalized spacial score (nSPS) is 13.1. The zero-order chi connectivity index (χ0) is 12.4. The molecule has 3 heteroatoms. The first-order valence-corrected chi connectivity index (χ1v) is 6.37. The molecule has 0 aliphatic carbocycles. The third-order valence-electron chi connectivity index (χ3n) is 3.29. The summed E-state index contributed by atoms with van der Waals surface area (Å²) in [4.78, 5) is 4.44. The fraction of sp³-hybridized carbons (Fsp3) is 0.500. The van der Waals surface area contributed by atoms with Gasteiger partial charge in [-0.25, -0.2) is 4.98 Å². The van der Waals surface area contributed by atoms with E-state index in [-0.39, 0.29) is 0 Å². The molecule has 92 valence electrons. The minimum atomic E-state index is 0.419. The first-order valence-electron chi connectivity index (χ1n) is 6.37. The lowest BCUT2D eigenvalue weighted by Gasteiger charge is -2.15. The molecule has 0 saturated carbocycles. The molecule has 0 saturated heterocycles. The lowest BCUT2D eigenvalue weighted by atomic mass is 10.1. The monoisotopic (exact) mass is 231 g/mol. The molecule has 2 rings (SSSR count). The van der Waals surface area contributed by atoms with Crippen LogP contribution in [0.15, 0.2) is 18.2 Å². The first-order chi connectivity index (χ1) is 8.13. The van der Waals surface area contributed by atoms with Crippen LogP contribution in [0.2, 0.25) is 0 Å². The van der Waals surface area contributed by atoms with E-state index in [0.717, 1.165) is 17.5 Å². The van der Waals surface area contributed by atoms with Gasteiger partial charge in [-0.1, -0.05) is 25.8 Å². The number of nitrogens with zero attached hydrogens (tertiary/aromatic N) is 2. The third-order valence-corrected chi connectivity index (χ3v) is 3.29. The summed E-state index contributed by atoms with van der Waals surface area (Å²) in [5.74, 6) is 0.634. The van der Waals surface area contributed by atoms with Gasteiger partial charge in [-0.2, -0.15) is 0 Å². The van der Waals surface area contributed by atoms with Gasteiger partial charge in [-0.05, 0) is 38.0 Å². The smallest absolute Gasteiger partial charge is 0.201 e. The highest BCUT2D eigenvalue weighted by molar-refractivity contribution is 5.79. The van der Waals surface area contributed by atoms with Crippen LogP contribution in [0, 0.1) is 6.92 Å². The number of nitrogen functional groups attached to an aromatic ring is 1. The van der Waals surface area contributed by atoms with Gasteiger partial charge >= 0.3 is 0 Å². The number of hydrogen-bond acceptors (Lipinski definition) is 2. The van der Waals surface area contributed by atoms with Crippen molar-refractivity contribution in [1.29, 1.82) is 0 Å². The Bertz CT molecular complexity index is 513. The highest BCUT2D eigenvalue weighted by Gasteiger charge is 2.13. The fourth-order valence-electron chi connectivity index (χ4n) is 2.32. The zero-order valence-electron chi connectivity index (χ0n) is 10.9. The highest BCUT2D eigenvalue weighted by Crippen LogP contribution is 2.26. The molecule has 0 bridgehead atoms. The Hall–Kier alpha value is -1.51. The van der Waals surface area contributed by atoms with Gasteiger partial charge in [0.2, 0.25) is 5.95 Å². The van der Waals surface area contributed by atoms with Gasteiger partial charge in [0.25, 0.3) is 0 Å². The van der Waals surface area contributed by atoms with E-state index in [1.54, 1.807) is 0 Å². The molecule has 0 amide bonds. The summed E-state index contributed by atoms with van der Waals surface area (Å²) in [7, 11) is 0. The van der Waals surface area contributed by atoms with E-state index in [9.17, 15) is 0 Å². The molecule has 3 nitrogen and oxygen atoms in total. The third kappa shape index (κ3) is 2.28. The molecule has 0 spiro atoms. The second-order valence-corrected chi connectivity index (χ2v) is 4.82. The number of aryl methyl sites for hydroxylation is 1. The van der Waals surface area contributed by atoms with Crippen LogP contribution < -0.4 is 5.73 Å². The van der Waals surface area contributed by atoms with Crippen molar-refractivity contribution >= 4 is 17.0 Å². The lowest BCUT2D eigenvalue weighted by Crippen LogP contribution is -2.08. The van der Waals surface area contributed by atoms with E-state index in [1.807, 2.05) is 0 Å². The Morgan fingerprint density at radius 1 is 1.41 bits per heavy atom. The molecule has 1 unspecified atom stereocenters. The Kier molecular flexibility index (Phi) is 3.36. The van der Waals surface area contributed by atoms with Crippen molar-refractivity contribution in [3.63, 3.8) is 0 Å². The number of nitrogens with two attached hydrogens (primary N) is 1. The summed E-state index contributed by atoms with van der Waals surface area (Å²) < 4.78 is 2.16. The van der Waals surface area contributed by atoms with Crippen LogP contribution in [0.4, 0.5) is 5.95 Å². The SMILES string of the molecule is CCCCC(C)n1c(N)nc2cc(C)ccc21. The standard InChI is InChI=1S/C14H21N3/c1-4-5-6-11(3)17-13-8-7-10(2)9-12(13)16-14(17)15/h7-9,11H,4-6H2,1-3H3,(H2,15,16). The number of fused-ring (bicyclic) bond motifs is 1. The fourth-order valence-corrected chi connectivity index (χ4v) is 2.32. The van der Waals surface area contributed by atoms with Crippen molar-refractivity contribution in [1.82, 2.24) is 9.55 Å². The van der Waals surface area contributed by atoms with Gasteiger partial charge in [0.1, 0.15) is 0 Å². The first kappa shape index (κ1) is 12.0. The van der Waals surface area contributed by atoms with Crippen LogP contribution >= 0.6 is 0 Å². The molecule has 1 atom stereocenters. The molecule has 1 heterocycles. The average molecular weight is 231 g/mol. The Labute approximate surface area is 103 Å². The maximum Gasteiger partial charge on any atom is 0.201 e. The topological polar surface area (TPSA) is 43.8 Å². The van der Waals surface area contributed by atoms with E-state index in [4.69, 9.17) is 5.73 Å². The van der Waals surface area contributed by atoms with Crippen molar-refractivity contribution in [2.45, 2.75) is 46.1 Å². The van der Waals surface area contributed by atoms with Crippen LogP contribution in [0.3, 0.4) is 0 Å². The molecule has 0 aliphatic rings. The van der Waals surface area contributed by atoms with Gasteiger partial charge < -0.3 is 10.3 Å². The number of unbranched alkanes of at least 4 members (excludes halogenated alkanes) is 1. The molecular formula is C14H21N3. The van der Waals surface area contributed by atoms with Crippen LogP contribution in [-0.4, -0.2) is 9.55 Å². The number of anilines is 1. The van der Waals surface area contributed by atoms with Crippen molar-refractivity contribution in [3.8, 4) is 0 Å². The molecule has 2 aromatic rings. The highest BCUT2D eigenvalue weighted by atomic mass is 15.2. The summed E-state index contributed by atoms with van der Waals surface area (Å²) in [5, 5.41) is 0. The summed E-state index contributed by atoms with van der Waals surface area (Å²) in [6.45, 7) is 6.51. The number of imidazole rings is 1. The van der Waals surface area contributed by atoms with Gasteiger partial charge in [0.15, 0.2) is 0 Å². The molecule has 17 heavy (non-hydrogen) atoms. The summed E-state index contributed by atoms with van der Waals surface area (Å²) >= 11 is 0. The predicted molar refractivity (Wildman–Crippen MR) is 73.1 cm³/mol. The summed E-state index contributed by atoms with van der Waals surface area (Å²) in [6.07, 6.45) is 3.60. The van der Waals surface area contributed by atoms with Gasteiger partial charge in [-0.15, -0.1) is 0 Å². The van der Waals surface area contributed by atoms with E-state index in [1.165, 1.54) is 18.4 Å². The Balaban J connectivity index is 2.42. The van der Waals surface area contributed by atoms with E-state index in [2.05, 4.69) is 48.5 Å². The van der Waals surface area contributed by atoms with Crippen LogP contribution in [0.1, 0.15) is 44.7 Å². The number of rotatable bonds is 4. The molecular weight excluding hydrogens is 210 g/mol. The number of aromatic nitrogens is 2. The molecule has 2 N–H and O–H groups in total. The lowest BCUT2D eigenvalue weighted by molar-refractivity contribution is 0.501. The van der Waals surface area contributed by atoms with E-state index < -0.39 is 0 Å². The number of hydrogen-bond donors (Lipinski definition) is 1. The minimum Gasteiger partial charge on any atom is -0.369 e. The quantitative estimate of drug-likeness (QED) is 0.872. The van der Waals surface area contributed by atoms with Gasteiger partial charge in [-0.3, -0.25) is 0 Å². The van der Waals surface area contributed by atoms with Crippen LogP contribution in [-0.2, 0) is 0 Å². The molecule has 0 aliphatic heterocycles.